The van der Waals surface area contributed by atoms with E-state index < -0.39 is 32.0 Å². The van der Waals surface area contributed by atoms with E-state index in [2.05, 4.69) is 171 Å². The largest absolute Gasteiger partial charge is 0.534 e. The SMILES string of the molecule is CC(C)(C)S(=O)N[C@H](CP(c1ccccc1)c1ccccc1)c1ccccc1O[Si](c1ccccc1)(c1ccccc1)C(C)(C)C. The molecular formula is C40H46NO2PSSi. The van der Waals surface area contributed by atoms with E-state index in [0.29, 0.717) is 0 Å². The average molecular weight is 664 g/mol. The van der Waals surface area contributed by atoms with E-state index >= 15 is 0 Å². The zero-order valence-corrected chi connectivity index (χ0v) is 30.5. The lowest BCUT2D eigenvalue weighted by Gasteiger charge is -2.43. The Morgan fingerprint density at radius 3 is 1.48 bits per heavy atom. The molecule has 0 bridgehead atoms. The van der Waals surface area contributed by atoms with Crippen LogP contribution in [0.1, 0.15) is 53.1 Å². The molecule has 2 atom stereocenters. The van der Waals surface area contributed by atoms with Gasteiger partial charge in [-0.2, -0.15) is 0 Å². The number of nitrogens with one attached hydrogen (secondary N) is 1. The van der Waals surface area contributed by atoms with Gasteiger partial charge >= 0.3 is 8.32 Å². The Kier molecular flexibility index (Phi) is 10.8. The Balaban J connectivity index is 1.68. The molecule has 46 heavy (non-hydrogen) atoms. The van der Waals surface area contributed by atoms with E-state index in [1.165, 1.54) is 21.0 Å². The first-order valence-electron chi connectivity index (χ1n) is 16.0. The highest BCUT2D eigenvalue weighted by atomic mass is 32.2. The predicted octanol–water partition coefficient (Wildman–Crippen LogP) is 7.85. The molecule has 0 aliphatic heterocycles. The highest BCUT2D eigenvalue weighted by molar-refractivity contribution is 7.84. The van der Waals surface area contributed by atoms with Crippen LogP contribution in [0.15, 0.2) is 146 Å². The van der Waals surface area contributed by atoms with Crippen LogP contribution < -0.4 is 30.1 Å². The van der Waals surface area contributed by atoms with Gasteiger partial charge in [0, 0.05) is 5.56 Å². The Morgan fingerprint density at radius 2 is 1.04 bits per heavy atom. The molecule has 6 heteroatoms. The highest BCUT2D eigenvalue weighted by Crippen LogP contribution is 2.43. The summed E-state index contributed by atoms with van der Waals surface area (Å²) in [7, 11) is -4.99. The summed E-state index contributed by atoms with van der Waals surface area (Å²) in [6.07, 6.45) is 0.770. The molecule has 3 nitrogen and oxygen atoms in total. The molecule has 0 aromatic heterocycles. The van der Waals surface area contributed by atoms with Gasteiger partial charge in [0.25, 0.3) is 0 Å². The van der Waals surface area contributed by atoms with Gasteiger partial charge in [-0.1, -0.05) is 160 Å². The summed E-state index contributed by atoms with van der Waals surface area (Å²) in [5.41, 5.74) is 1.03. The molecule has 1 N–H and O–H groups in total. The van der Waals surface area contributed by atoms with E-state index in [9.17, 15) is 4.21 Å². The van der Waals surface area contributed by atoms with Crippen LogP contribution in [-0.4, -0.2) is 23.4 Å². The first-order valence-corrected chi connectivity index (χ1v) is 20.5. The minimum Gasteiger partial charge on any atom is -0.534 e. The van der Waals surface area contributed by atoms with Crippen molar-refractivity contribution in [2.24, 2.45) is 0 Å². The second-order valence-corrected chi connectivity index (χ2v) is 22.1. The maximum Gasteiger partial charge on any atom is 0.319 e. The van der Waals surface area contributed by atoms with Crippen LogP contribution in [0.2, 0.25) is 5.04 Å². The highest BCUT2D eigenvalue weighted by Gasteiger charge is 2.52. The molecule has 5 rings (SSSR count). The lowest BCUT2D eigenvalue weighted by Crippen LogP contribution is -2.69. The Labute approximate surface area is 280 Å². The van der Waals surface area contributed by atoms with E-state index in [-0.39, 0.29) is 11.1 Å². The van der Waals surface area contributed by atoms with Crippen LogP contribution in [0.25, 0.3) is 0 Å². The molecule has 0 radical (unpaired) electrons. The average Bonchev–Trinajstić information content (AvgIpc) is 3.06. The molecule has 0 amide bonds. The second kappa shape index (κ2) is 14.6. The first-order chi connectivity index (χ1) is 22.0. The summed E-state index contributed by atoms with van der Waals surface area (Å²) in [5, 5.41) is 4.84. The van der Waals surface area contributed by atoms with Gasteiger partial charge in [-0.15, -0.1) is 0 Å². The van der Waals surface area contributed by atoms with Crippen molar-refractivity contribution in [3.05, 3.63) is 151 Å². The van der Waals surface area contributed by atoms with Gasteiger partial charge in [0.2, 0.25) is 0 Å². The molecule has 5 aromatic carbocycles. The zero-order valence-electron chi connectivity index (χ0n) is 27.8. The summed E-state index contributed by atoms with van der Waals surface area (Å²) in [6.45, 7) is 13.0. The van der Waals surface area contributed by atoms with Gasteiger partial charge in [0.1, 0.15) is 5.75 Å². The molecule has 0 spiro atoms. The summed E-state index contributed by atoms with van der Waals surface area (Å²) < 4.78 is 24.7. The summed E-state index contributed by atoms with van der Waals surface area (Å²) in [5.74, 6) is 0.844. The molecule has 1 unspecified atom stereocenters. The standard InChI is InChI=1S/C40H46NO2PSSi/c1-39(2,3)45(42)41-37(31-44(32-21-11-7-12-22-32)33-23-13-8-14-24-33)36-29-19-20-30-38(36)43-46(40(4,5)6,34-25-15-9-16-26-34)35-27-17-10-18-28-35/h7-30,37,41H,31H2,1-6H3/t37-,45?/m1/s1. The molecule has 0 fully saturated rings. The lowest BCUT2D eigenvalue weighted by molar-refractivity contribution is 0.496. The number of para-hydroxylation sites is 1. The number of hydrogen-bond acceptors (Lipinski definition) is 2. The smallest absolute Gasteiger partial charge is 0.319 e. The van der Waals surface area contributed by atoms with E-state index in [1.807, 2.05) is 20.8 Å². The van der Waals surface area contributed by atoms with Crippen molar-refractivity contribution in [3.8, 4) is 5.75 Å². The van der Waals surface area contributed by atoms with E-state index in [4.69, 9.17) is 4.43 Å². The maximum absolute atomic E-state index is 13.9. The van der Waals surface area contributed by atoms with E-state index in [0.717, 1.165) is 17.5 Å². The predicted molar refractivity (Wildman–Crippen MR) is 202 cm³/mol. The molecular weight excluding hydrogens is 618 g/mol. The first kappa shape index (κ1) is 34.0. The third-order valence-corrected chi connectivity index (χ3v) is 17.4. The molecule has 0 saturated heterocycles. The van der Waals surface area contributed by atoms with Crippen LogP contribution >= 0.6 is 7.92 Å². The fraction of sp³-hybridized carbons (Fsp3) is 0.250. The van der Waals surface area contributed by atoms with Gasteiger partial charge < -0.3 is 4.43 Å². The molecule has 0 heterocycles. The van der Waals surface area contributed by atoms with Crippen molar-refractivity contribution in [2.45, 2.75) is 57.4 Å². The normalized spacial score (nSPS) is 13.7. The van der Waals surface area contributed by atoms with Gasteiger partial charge in [0.15, 0.2) is 0 Å². The quantitative estimate of drug-likeness (QED) is 0.116. The Morgan fingerprint density at radius 1 is 0.630 bits per heavy atom. The van der Waals surface area contributed by atoms with Crippen LogP contribution in [0.3, 0.4) is 0 Å². The second-order valence-electron chi connectivity index (χ2n) is 13.6. The van der Waals surface area contributed by atoms with Crippen molar-refractivity contribution >= 4 is 48.2 Å². The molecule has 0 aliphatic rings. The van der Waals surface area contributed by atoms with Crippen LogP contribution in [-0.2, 0) is 11.0 Å². The van der Waals surface area contributed by atoms with Crippen molar-refractivity contribution in [2.75, 3.05) is 6.16 Å². The molecule has 0 saturated carbocycles. The minimum atomic E-state index is -2.91. The topological polar surface area (TPSA) is 38.3 Å². The number of rotatable bonds is 11. The maximum atomic E-state index is 13.9. The Hall–Kier alpha value is -3.34. The van der Waals surface area contributed by atoms with Crippen molar-refractivity contribution < 1.29 is 8.63 Å². The third kappa shape index (κ3) is 7.61. The number of hydrogen-bond donors (Lipinski definition) is 1. The van der Waals surface area contributed by atoms with Gasteiger partial charge in [-0.05, 0) is 66.9 Å². The van der Waals surface area contributed by atoms with Gasteiger partial charge in [-0.25, -0.2) is 8.93 Å². The third-order valence-electron chi connectivity index (χ3n) is 8.28. The fourth-order valence-electron chi connectivity index (χ4n) is 5.94. The van der Waals surface area contributed by atoms with E-state index in [1.54, 1.807) is 0 Å². The van der Waals surface area contributed by atoms with Crippen molar-refractivity contribution in [3.63, 3.8) is 0 Å². The van der Waals surface area contributed by atoms with Crippen LogP contribution in [0.5, 0.6) is 5.75 Å². The van der Waals surface area contributed by atoms with Crippen LogP contribution in [0, 0.1) is 0 Å². The number of benzene rings is 5. The van der Waals surface area contributed by atoms with Crippen molar-refractivity contribution in [1.82, 2.24) is 4.72 Å². The Bertz CT molecular complexity index is 1630. The zero-order chi connectivity index (χ0) is 32.8. The van der Waals surface area contributed by atoms with Crippen molar-refractivity contribution in [1.29, 1.82) is 0 Å². The lowest BCUT2D eigenvalue weighted by atomic mass is 10.1. The minimum absolute atomic E-state index is 0.194. The monoisotopic (exact) mass is 663 g/mol. The summed E-state index contributed by atoms with van der Waals surface area (Å²) in [4.78, 5) is 0. The summed E-state index contributed by atoms with van der Waals surface area (Å²) >= 11 is 0. The summed E-state index contributed by atoms with van der Waals surface area (Å²) in [6, 6.07) is 51.2. The van der Waals surface area contributed by atoms with Gasteiger partial charge in [0.05, 0.1) is 21.8 Å². The van der Waals surface area contributed by atoms with Gasteiger partial charge in [-0.3, -0.25) is 0 Å². The molecule has 238 valence electrons. The fourth-order valence-corrected chi connectivity index (χ4v) is 13.8. The molecule has 0 aliphatic carbocycles. The van der Waals surface area contributed by atoms with Crippen LogP contribution in [0.4, 0.5) is 0 Å². The molecule has 5 aromatic rings.